The van der Waals surface area contributed by atoms with E-state index in [1.54, 1.807) is 0 Å². The summed E-state index contributed by atoms with van der Waals surface area (Å²) < 4.78 is 5.76. The van der Waals surface area contributed by atoms with E-state index in [9.17, 15) is 0 Å². The molecule has 0 unspecified atom stereocenters. The van der Waals surface area contributed by atoms with Crippen LogP contribution in [-0.2, 0) is 0 Å². The normalized spacial score (nSPS) is 11.5. The van der Waals surface area contributed by atoms with Crippen molar-refractivity contribution in [2.75, 3.05) is 26.2 Å². The van der Waals surface area contributed by atoms with Crippen molar-refractivity contribution in [3.05, 3.63) is 30.3 Å². The molecule has 0 spiro atoms. The van der Waals surface area contributed by atoms with Gasteiger partial charge in [0.15, 0.2) is 0 Å². The summed E-state index contributed by atoms with van der Waals surface area (Å²) in [6.07, 6.45) is 0. The summed E-state index contributed by atoms with van der Waals surface area (Å²) >= 11 is 0. The van der Waals surface area contributed by atoms with Crippen molar-refractivity contribution in [1.29, 1.82) is 0 Å². The predicted molar refractivity (Wildman–Crippen MR) is 78.1 cm³/mol. The van der Waals surface area contributed by atoms with Gasteiger partial charge in [-0.2, -0.15) is 0 Å². The molecule has 0 aliphatic carbocycles. The Labute approximate surface area is 112 Å². The van der Waals surface area contributed by atoms with Crippen LogP contribution in [0.2, 0.25) is 0 Å². The van der Waals surface area contributed by atoms with Crippen LogP contribution in [0.4, 0.5) is 0 Å². The maximum atomic E-state index is 5.76. The van der Waals surface area contributed by atoms with Crippen molar-refractivity contribution in [3.8, 4) is 5.75 Å². The van der Waals surface area contributed by atoms with Gasteiger partial charge < -0.3 is 4.74 Å². The van der Waals surface area contributed by atoms with E-state index < -0.39 is 0 Å². The van der Waals surface area contributed by atoms with E-state index >= 15 is 0 Å². The third kappa shape index (κ3) is 6.65. The van der Waals surface area contributed by atoms with Gasteiger partial charge in [-0.25, -0.2) is 0 Å². The monoisotopic (exact) mass is 249 g/mol. The topological polar surface area (TPSA) is 12.5 Å². The van der Waals surface area contributed by atoms with Gasteiger partial charge >= 0.3 is 0 Å². The van der Waals surface area contributed by atoms with Crippen LogP contribution in [0.5, 0.6) is 5.75 Å². The highest BCUT2D eigenvalue weighted by atomic mass is 16.5. The zero-order chi connectivity index (χ0) is 13.4. The minimum Gasteiger partial charge on any atom is -0.492 e. The summed E-state index contributed by atoms with van der Waals surface area (Å²) in [6.45, 7) is 13.1. The average molecular weight is 249 g/mol. The highest BCUT2D eigenvalue weighted by Crippen LogP contribution is 2.09. The number of hydrogen-bond donors (Lipinski definition) is 0. The van der Waals surface area contributed by atoms with Gasteiger partial charge in [-0.05, 0) is 24.0 Å². The van der Waals surface area contributed by atoms with Crippen molar-refractivity contribution in [2.45, 2.75) is 27.7 Å². The zero-order valence-corrected chi connectivity index (χ0v) is 12.2. The molecule has 0 N–H and O–H groups in total. The van der Waals surface area contributed by atoms with Gasteiger partial charge in [0, 0.05) is 19.6 Å². The lowest BCUT2D eigenvalue weighted by atomic mass is 10.1. The summed E-state index contributed by atoms with van der Waals surface area (Å²) in [5.41, 5.74) is 0. The Bertz CT molecular complexity index is 298. The third-order valence-electron chi connectivity index (χ3n) is 2.67. The van der Waals surface area contributed by atoms with E-state index in [0.717, 1.165) is 32.0 Å². The molecule has 0 saturated carbocycles. The number of para-hydroxylation sites is 1. The fourth-order valence-electron chi connectivity index (χ4n) is 2.10. The molecule has 1 aromatic carbocycles. The molecule has 0 amide bonds. The van der Waals surface area contributed by atoms with Gasteiger partial charge in [0.25, 0.3) is 0 Å². The van der Waals surface area contributed by atoms with Crippen LogP contribution in [0.1, 0.15) is 27.7 Å². The minimum atomic E-state index is 0.709. The van der Waals surface area contributed by atoms with E-state index in [0.29, 0.717) is 11.8 Å². The van der Waals surface area contributed by atoms with Crippen molar-refractivity contribution in [2.24, 2.45) is 11.8 Å². The maximum absolute atomic E-state index is 5.76. The van der Waals surface area contributed by atoms with Gasteiger partial charge in [0.2, 0.25) is 0 Å². The highest BCUT2D eigenvalue weighted by molar-refractivity contribution is 5.20. The fraction of sp³-hybridized carbons (Fsp3) is 0.625. The Kier molecular flexibility index (Phi) is 6.81. The molecule has 0 bridgehead atoms. The zero-order valence-electron chi connectivity index (χ0n) is 12.2. The Morgan fingerprint density at radius 1 is 0.944 bits per heavy atom. The fourth-order valence-corrected chi connectivity index (χ4v) is 2.10. The standard InChI is InChI=1S/C16H27NO/c1-14(2)12-17(13-15(3)4)10-11-18-16-8-6-5-7-9-16/h5-9,14-15H,10-13H2,1-4H3. The molecular formula is C16H27NO. The van der Waals surface area contributed by atoms with Gasteiger partial charge in [-0.15, -0.1) is 0 Å². The van der Waals surface area contributed by atoms with Gasteiger partial charge in [0.1, 0.15) is 12.4 Å². The van der Waals surface area contributed by atoms with Crippen molar-refractivity contribution < 1.29 is 4.74 Å². The molecule has 0 radical (unpaired) electrons. The van der Waals surface area contributed by atoms with Crippen LogP contribution in [-0.4, -0.2) is 31.1 Å². The van der Waals surface area contributed by atoms with Crippen LogP contribution < -0.4 is 4.74 Å². The van der Waals surface area contributed by atoms with Crippen LogP contribution in [0.15, 0.2) is 30.3 Å². The summed E-state index contributed by atoms with van der Waals surface area (Å²) in [5.74, 6) is 2.38. The Morgan fingerprint density at radius 3 is 2.00 bits per heavy atom. The highest BCUT2D eigenvalue weighted by Gasteiger charge is 2.09. The quantitative estimate of drug-likeness (QED) is 0.697. The molecule has 18 heavy (non-hydrogen) atoms. The minimum absolute atomic E-state index is 0.709. The predicted octanol–water partition coefficient (Wildman–Crippen LogP) is 3.68. The van der Waals surface area contributed by atoms with Crippen LogP contribution in [0, 0.1) is 11.8 Å². The first-order valence-electron chi connectivity index (χ1n) is 6.98. The molecule has 0 aliphatic rings. The second-order valence-corrected chi connectivity index (χ2v) is 5.71. The first-order valence-corrected chi connectivity index (χ1v) is 6.98. The largest absolute Gasteiger partial charge is 0.492 e. The molecule has 0 heterocycles. The summed E-state index contributed by atoms with van der Waals surface area (Å²) in [6, 6.07) is 10.0. The lowest BCUT2D eigenvalue weighted by Gasteiger charge is -2.25. The molecule has 0 atom stereocenters. The average Bonchev–Trinajstić information content (AvgIpc) is 2.28. The Balaban J connectivity index is 2.32. The van der Waals surface area contributed by atoms with Gasteiger partial charge in [-0.3, -0.25) is 4.90 Å². The van der Waals surface area contributed by atoms with E-state index in [1.807, 2.05) is 30.3 Å². The number of nitrogens with zero attached hydrogens (tertiary/aromatic N) is 1. The number of rotatable bonds is 8. The van der Waals surface area contributed by atoms with Gasteiger partial charge in [0.05, 0.1) is 0 Å². The second-order valence-electron chi connectivity index (χ2n) is 5.71. The third-order valence-corrected chi connectivity index (χ3v) is 2.67. The number of hydrogen-bond acceptors (Lipinski definition) is 2. The maximum Gasteiger partial charge on any atom is 0.119 e. The molecule has 0 saturated heterocycles. The Morgan fingerprint density at radius 2 is 1.50 bits per heavy atom. The Hall–Kier alpha value is -1.02. The molecule has 0 aromatic heterocycles. The molecular weight excluding hydrogens is 222 g/mol. The second kappa shape index (κ2) is 8.15. The first kappa shape index (κ1) is 15.0. The lowest BCUT2D eigenvalue weighted by Crippen LogP contribution is -2.34. The number of benzene rings is 1. The molecule has 102 valence electrons. The smallest absolute Gasteiger partial charge is 0.119 e. The molecule has 2 heteroatoms. The van der Waals surface area contributed by atoms with Crippen LogP contribution in [0.25, 0.3) is 0 Å². The van der Waals surface area contributed by atoms with E-state index in [-0.39, 0.29) is 0 Å². The van der Waals surface area contributed by atoms with Crippen molar-refractivity contribution in [1.82, 2.24) is 4.90 Å². The van der Waals surface area contributed by atoms with Crippen LogP contribution >= 0.6 is 0 Å². The van der Waals surface area contributed by atoms with E-state index in [4.69, 9.17) is 4.74 Å². The summed E-state index contributed by atoms with van der Waals surface area (Å²) in [7, 11) is 0. The van der Waals surface area contributed by atoms with Crippen molar-refractivity contribution >= 4 is 0 Å². The molecule has 1 rings (SSSR count). The molecule has 2 nitrogen and oxygen atoms in total. The first-order chi connectivity index (χ1) is 8.58. The SMILES string of the molecule is CC(C)CN(CCOc1ccccc1)CC(C)C. The van der Waals surface area contributed by atoms with E-state index in [2.05, 4.69) is 32.6 Å². The summed E-state index contributed by atoms with van der Waals surface area (Å²) in [4.78, 5) is 2.50. The van der Waals surface area contributed by atoms with Crippen molar-refractivity contribution in [3.63, 3.8) is 0 Å². The molecule has 0 fully saturated rings. The molecule has 0 aliphatic heterocycles. The van der Waals surface area contributed by atoms with Gasteiger partial charge in [-0.1, -0.05) is 45.9 Å². The number of ether oxygens (including phenoxy) is 1. The molecule has 1 aromatic rings. The van der Waals surface area contributed by atoms with E-state index in [1.165, 1.54) is 0 Å². The van der Waals surface area contributed by atoms with Crippen LogP contribution in [0.3, 0.4) is 0 Å². The summed E-state index contributed by atoms with van der Waals surface area (Å²) in [5, 5.41) is 0. The lowest BCUT2D eigenvalue weighted by molar-refractivity contribution is 0.177.